The number of fused-ring (bicyclic) bond motifs is 4. The molecule has 1 aliphatic rings. The van der Waals surface area contributed by atoms with Crippen LogP contribution >= 0.6 is 11.3 Å². The second-order valence-electron chi connectivity index (χ2n) is 7.94. The van der Waals surface area contributed by atoms with Crippen LogP contribution < -0.4 is 5.56 Å². The molecule has 5 aromatic rings. The fourth-order valence-corrected chi connectivity index (χ4v) is 5.46. The molecular formula is C23H18N6O2S. The Morgan fingerprint density at radius 2 is 2.09 bits per heavy atom. The Hall–Kier alpha value is -3.85. The summed E-state index contributed by atoms with van der Waals surface area (Å²) < 4.78 is 4.29. The van der Waals surface area contributed by atoms with Crippen LogP contribution in [-0.2, 0) is 24.8 Å². The van der Waals surface area contributed by atoms with Gasteiger partial charge in [0.15, 0.2) is 11.4 Å². The van der Waals surface area contributed by atoms with Crippen molar-refractivity contribution in [1.29, 1.82) is 0 Å². The lowest BCUT2D eigenvalue weighted by Gasteiger charge is -2.07. The van der Waals surface area contributed by atoms with Crippen LogP contribution in [0.25, 0.3) is 32.2 Å². The molecule has 0 amide bonds. The van der Waals surface area contributed by atoms with Gasteiger partial charge in [-0.3, -0.25) is 14.7 Å². The van der Waals surface area contributed by atoms with Gasteiger partial charge >= 0.3 is 0 Å². The monoisotopic (exact) mass is 442 g/mol. The molecule has 0 atom stereocenters. The maximum Gasteiger partial charge on any atom is 0.291 e. The molecule has 1 aromatic carbocycles. The first-order valence-electron chi connectivity index (χ1n) is 10.2. The van der Waals surface area contributed by atoms with Crippen LogP contribution in [0.2, 0.25) is 0 Å². The van der Waals surface area contributed by atoms with Crippen molar-refractivity contribution in [3.05, 3.63) is 75.3 Å². The number of hydrogen-bond acceptors (Lipinski definition) is 6. The third kappa shape index (κ3) is 2.93. The third-order valence-corrected chi connectivity index (χ3v) is 6.94. The molecule has 1 aliphatic carbocycles. The van der Waals surface area contributed by atoms with Gasteiger partial charge in [0.1, 0.15) is 5.52 Å². The number of aryl methyl sites for hydroxylation is 1. The van der Waals surface area contributed by atoms with Crippen LogP contribution in [0.3, 0.4) is 0 Å². The highest BCUT2D eigenvalue weighted by atomic mass is 32.1. The van der Waals surface area contributed by atoms with E-state index in [9.17, 15) is 9.59 Å². The predicted molar refractivity (Wildman–Crippen MR) is 124 cm³/mol. The zero-order chi connectivity index (χ0) is 21.8. The lowest BCUT2D eigenvalue weighted by Crippen LogP contribution is -2.24. The third-order valence-electron chi connectivity index (χ3n) is 5.86. The lowest BCUT2D eigenvalue weighted by molar-refractivity contribution is -0.114. The summed E-state index contributed by atoms with van der Waals surface area (Å²) in [5.74, 6) is 0.116. The first kappa shape index (κ1) is 18.9. The van der Waals surface area contributed by atoms with Crippen molar-refractivity contribution in [2.24, 2.45) is 7.05 Å². The number of thiazole rings is 1. The molecule has 0 unspecified atom stereocenters. The van der Waals surface area contributed by atoms with Gasteiger partial charge in [-0.2, -0.15) is 10.2 Å². The molecule has 0 spiro atoms. The molecule has 4 heterocycles. The van der Waals surface area contributed by atoms with Crippen molar-refractivity contribution in [3.8, 4) is 0 Å². The highest BCUT2D eigenvalue weighted by molar-refractivity contribution is 7.19. The summed E-state index contributed by atoms with van der Waals surface area (Å²) in [5, 5.41) is 14.2. The van der Waals surface area contributed by atoms with Gasteiger partial charge in [0.05, 0.1) is 34.2 Å². The molecule has 158 valence electrons. The molecular weight excluding hydrogens is 424 g/mol. The molecule has 4 aromatic heterocycles. The summed E-state index contributed by atoms with van der Waals surface area (Å²) in [7, 11) is 1.86. The summed E-state index contributed by atoms with van der Waals surface area (Å²) in [4.78, 5) is 29.8. The van der Waals surface area contributed by atoms with Crippen molar-refractivity contribution >= 4 is 49.3 Å². The predicted octanol–water partition coefficient (Wildman–Crippen LogP) is 3.27. The summed E-state index contributed by atoms with van der Waals surface area (Å²) >= 11 is 1.56. The van der Waals surface area contributed by atoms with Gasteiger partial charge in [0.2, 0.25) is 0 Å². The van der Waals surface area contributed by atoms with E-state index in [1.54, 1.807) is 35.9 Å². The van der Waals surface area contributed by atoms with Gasteiger partial charge in [-0.15, -0.1) is 11.3 Å². The van der Waals surface area contributed by atoms with Crippen molar-refractivity contribution in [1.82, 2.24) is 29.5 Å². The molecule has 9 heteroatoms. The first-order valence-corrected chi connectivity index (χ1v) is 11.0. The lowest BCUT2D eigenvalue weighted by atomic mass is 10.0. The Balaban J connectivity index is 1.40. The number of hydrogen-bond donors (Lipinski definition) is 1. The maximum atomic E-state index is 13.3. The summed E-state index contributed by atoms with van der Waals surface area (Å²) in [6.07, 6.45) is 9.96. The van der Waals surface area contributed by atoms with Crippen LogP contribution in [0, 0.1) is 0 Å². The van der Waals surface area contributed by atoms with Crippen LogP contribution in [0.1, 0.15) is 17.0 Å². The second-order valence-corrected chi connectivity index (χ2v) is 9.02. The molecule has 0 radical (unpaired) electrons. The van der Waals surface area contributed by atoms with E-state index in [4.69, 9.17) is 4.98 Å². The fourth-order valence-electron chi connectivity index (χ4n) is 4.30. The number of H-pyrrole nitrogens is 1. The molecule has 0 saturated heterocycles. The summed E-state index contributed by atoms with van der Waals surface area (Å²) in [6.45, 7) is 0.360. The second kappa shape index (κ2) is 7.10. The zero-order valence-electron chi connectivity index (χ0n) is 17.2. The molecule has 1 N–H and O–H groups in total. The molecule has 32 heavy (non-hydrogen) atoms. The van der Waals surface area contributed by atoms with Gasteiger partial charge in [0.25, 0.3) is 5.56 Å². The van der Waals surface area contributed by atoms with E-state index in [1.807, 2.05) is 35.9 Å². The molecule has 0 fully saturated rings. The smallest absolute Gasteiger partial charge is 0.291 e. The van der Waals surface area contributed by atoms with Crippen molar-refractivity contribution < 1.29 is 4.79 Å². The Bertz CT molecular complexity index is 1660. The van der Waals surface area contributed by atoms with Gasteiger partial charge in [0, 0.05) is 30.7 Å². The molecule has 0 aliphatic heterocycles. The Labute approximate surface area is 185 Å². The number of nitrogens with one attached hydrogen (secondary N) is 1. The zero-order valence-corrected chi connectivity index (χ0v) is 18.0. The van der Waals surface area contributed by atoms with E-state index in [0.717, 1.165) is 42.8 Å². The number of carbonyl (C=O) groups excluding carboxylic acids is 1. The van der Waals surface area contributed by atoms with E-state index in [2.05, 4.69) is 15.3 Å². The Morgan fingerprint density at radius 1 is 1.19 bits per heavy atom. The van der Waals surface area contributed by atoms with Crippen molar-refractivity contribution in [2.45, 2.75) is 19.4 Å². The quantitative estimate of drug-likeness (QED) is 0.461. The van der Waals surface area contributed by atoms with Crippen molar-refractivity contribution in [3.63, 3.8) is 0 Å². The summed E-state index contributed by atoms with van der Waals surface area (Å²) in [6, 6.07) is 5.87. The highest BCUT2D eigenvalue weighted by Crippen LogP contribution is 2.32. The van der Waals surface area contributed by atoms with Crippen LogP contribution in [0.4, 0.5) is 0 Å². The molecule has 0 saturated carbocycles. The summed E-state index contributed by atoms with van der Waals surface area (Å²) in [5.41, 5.74) is 4.17. The number of ketones is 1. The average molecular weight is 443 g/mol. The standard InChI is InChI=1S/C23H18N6O2S/c1-28-20-17(21-22(28)26-19(32-21)9-13-4-2-6-15(30)8-13)11-25-29(23(20)31)12-14-5-3-7-18-16(14)10-24-27-18/h2-7,10-11H,8-9,12H2,1H3,(H,24,27). The van der Waals surface area contributed by atoms with Crippen molar-refractivity contribution in [2.75, 3.05) is 0 Å². The van der Waals surface area contributed by atoms with E-state index in [0.29, 0.717) is 24.9 Å². The van der Waals surface area contributed by atoms with Crippen LogP contribution in [0.5, 0.6) is 0 Å². The average Bonchev–Trinajstić information content (AvgIpc) is 3.47. The number of aromatic amines is 1. The largest absolute Gasteiger partial charge is 0.323 e. The number of rotatable bonds is 4. The molecule has 6 rings (SSSR count). The van der Waals surface area contributed by atoms with E-state index >= 15 is 0 Å². The van der Waals surface area contributed by atoms with Crippen LogP contribution in [0.15, 0.2) is 59.2 Å². The minimum absolute atomic E-state index is 0.116. The number of aromatic nitrogens is 6. The molecule has 0 bridgehead atoms. The Kier molecular flexibility index (Phi) is 4.19. The van der Waals surface area contributed by atoms with Gasteiger partial charge in [-0.1, -0.05) is 29.9 Å². The van der Waals surface area contributed by atoms with Gasteiger partial charge < -0.3 is 4.57 Å². The molecule has 8 nitrogen and oxygen atoms in total. The number of allylic oxidation sites excluding steroid dienone is 4. The highest BCUT2D eigenvalue weighted by Gasteiger charge is 2.19. The maximum absolute atomic E-state index is 13.3. The van der Waals surface area contributed by atoms with Crippen LogP contribution in [-0.4, -0.2) is 35.3 Å². The minimum atomic E-state index is -0.150. The first-order chi connectivity index (χ1) is 15.6. The van der Waals surface area contributed by atoms with E-state index in [1.165, 1.54) is 4.68 Å². The van der Waals surface area contributed by atoms with Gasteiger partial charge in [-0.05, 0) is 17.7 Å². The normalized spacial score (nSPS) is 14.2. The number of nitrogens with zero attached hydrogens (tertiary/aromatic N) is 5. The van der Waals surface area contributed by atoms with Gasteiger partial charge in [-0.25, -0.2) is 9.67 Å². The van der Waals surface area contributed by atoms with E-state index < -0.39 is 0 Å². The van der Waals surface area contributed by atoms with E-state index in [-0.39, 0.29) is 11.3 Å². The number of carbonyl (C=O) groups is 1. The fraction of sp³-hybridized carbons (Fsp3) is 0.174. The minimum Gasteiger partial charge on any atom is -0.323 e. The topological polar surface area (TPSA) is 98.5 Å². The number of benzene rings is 1. The Morgan fingerprint density at radius 3 is 2.97 bits per heavy atom. The SMILES string of the molecule is Cn1c2nc(CC3=CC=CC(=O)C3)sc2c2cnn(Cc3cccc4[nH]ncc34)c(=O)c21.